The minimum atomic E-state index is 0.850. The van der Waals surface area contributed by atoms with Gasteiger partial charge >= 0.3 is 0 Å². The van der Waals surface area contributed by atoms with Gasteiger partial charge in [-0.25, -0.2) is 4.98 Å². The van der Waals surface area contributed by atoms with Crippen molar-refractivity contribution in [1.29, 1.82) is 0 Å². The largest absolute Gasteiger partial charge is 0.497 e. The van der Waals surface area contributed by atoms with Crippen molar-refractivity contribution in [2.24, 2.45) is 0 Å². The van der Waals surface area contributed by atoms with Gasteiger partial charge in [-0.05, 0) is 47.2 Å². The normalized spacial score (nSPS) is 10.8. The fourth-order valence-corrected chi connectivity index (χ4v) is 2.71. The molecule has 0 spiro atoms. The average Bonchev–Trinajstić information content (AvgIpc) is 3.11. The fourth-order valence-electron chi connectivity index (χ4n) is 2.71. The standard InChI is InChI=1S/C20H16N2O/c1-23-19-10-7-16(8-11-19)20-13-22(14-21-20)18-9-6-15-4-2-3-5-17(15)12-18/h2-14H,1H3. The lowest BCUT2D eigenvalue weighted by Crippen LogP contribution is -1.89. The van der Waals surface area contributed by atoms with E-state index in [9.17, 15) is 0 Å². The Hall–Kier alpha value is -3.07. The maximum Gasteiger partial charge on any atom is 0.118 e. The van der Waals surface area contributed by atoms with Gasteiger partial charge < -0.3 is 9.30 Å². The lowest BCUT2D eigenvalue weighted by molar-refractivity contribution is 0.415. The Kier molecular flexibility index (Phi) is 3.31. The average molecular weight is 300 g/mol. The minimum Gasteiger partial charge on any atom is -0.497 e. The van der Waals surface area contributed by atoms with Crippen LogP contribution in [0.1, 0.15) is 0 Å². The van der Waals surface area contributed by atoms with Gasteiger partial charge in [0.1, 0.15) is 5.75 Å². The maximum atomic E-state index is 5.19. The second kappa shape index (κ2) is 5.61. The van der Waals surface area contributed by atoms with E-state index in [1.165, 1.54) is 10.8 Å². The maximum absolute atomic E-state index is 5.19. The first-order chi connectivity index (χ1) is 11.3. The Morgan fingerprint density at radius 1 is 0.870 bits per heavy atom. The summed E-state index contributed by atoms with van der Waals surface area (Å²) < 4.78 is 7.24. The Balaban J connectivity index is 1.70. The van der Waals surface area contributed by atoms with Gasteiger partial charge in [0.2, 0.25) is 0 Å². The predicted molar refractivity (Wildman–Crippen MR) is 93.1 cm³/mol. The van der Waals surface area contributed by atoms with Gasteiger partial charge in [-0.15, -0.1) is 0 Å². The Labute approximate surface area is 134 Å². The number of rotatable bonds is 3. The SMILES string of the molecule is COc1ccc(-c2cn(-c3ccc4ccccc4c3)cn2)cc1. The minimum absolute atomic E-state index is 0.850. The molecule has 0 radical (unpaired) electrons. The summed E-state index contributed by atoms with van der Waals surface area (Å²) in [5.74, 6) is 0.850. The number of hydrogen-bond donors (Lipinski definition) is 0. The third-order valence-electron chi connectivity index (χ3n) is 4.00. The van der Waals surface area contributed by atoms with Crippen LogP contribution in [0, 0.1) is 0 Å². The fraction of sp³-hybridized carbons (Fsp3) is 0.0500. The van der Waals surface area contributed by atoms with Gasteiger partial charge in [0.25, 0.3) is 0 Å². The third kappa shape index (κ3) is 2.57. The molecule has 3 nitrogen and oxygen atoms in total. The summed E-state index contributed by atoms with van der Waals surface area (Å²) in [7, 11) is 1.67. The van der Waals surface area contributed by atoms with Crippen molar-refractivity contribution in [1.82, 2.24) is 9.55 Å². The van der Waals surface area contributed by atoms with Crippen molar-refractivity contribution in [3.05, 3.63) is 79.3 Å². The van der Waals surface area contributed by atoms with Crippen LogP contribution in [0.15, 0.2) is 79.3 Å². The molecule has 0 bridgehead atoms. The summed E-state index contributed by atoms with van der Waals surface area (Å²) in [6.45, 7) is 0. The van der Waals surface area contributed by atoms with Crippen molar-refractivity contribution in [3.8, 4) is 22.7 Å². The highest BCUT2D eigenvalue weighted by Gasteiger charge is 2.05. The zero-order chi connectivity index (χ0) is 15.6. The van der Waals surface area contributed by atoms with Crippen LogP contribution in [-0.4, -0.2) is 16.7 Å². The molecule has 0 aliphatic rings. The molecule has 112 valence electrons. The molecule has 0 saturated carbocycles. The molecule has 0 amide bonds. The van der Waals surface area contributed by atoms with Crippen LogP contribution >= 0.6 is 0 Å². The van der Waals surface area contributed by atoms with Crippen LogP contribution < -0.4 is 4.74 Å². The van der Waals surface area contributed by atoms with E-state index < -0.39 is 0 Å². The third-order valence-corrected chi connectivity index (χ3v) is 4.00. The summed E-state index contributed by atoms with van der Waals surface area (Å²) in [5.41, 5.74) is 3.13. The molecule has 4 aromatic rings. The Bertz CT molecular complexity index is 955. The first kappa shape index (κ1) is 13.6. The summed E-state index contributed by atoms with van der Waals surface area (Å²) >= 11 is 0. The van der Waals surface area contributed by atoms with Gasteiger partial charge in [-0.1, -0.05) is 30.3 Å². The molecule has 0 unspecified atom stereocenters. The number of hydrogen-bond acceptors (Lipinski definition) is 2. The summed E-state index contributed by atoms with van der Waals surface area (Å²) in [6, 6.07) is 22.7. The van der Waals surface area contributed by atoms with Crippen LogP contribution in [-0.2, 0) is 0 Å². The van der Waals surface area contributed by atoms with Gasteiger partial charge in [0.05, 0.1) is 19.1 Å². The Morgan fingerprint density at radius 2 is 1.65 bits per heavy atom. The summed E-state index contributed by atoms with van der Waals surface area (Å²) in [6.07, 6.45) is 3.90. The summed E-state index contributed by atoms with van der Waals surface area (Å²) in [4.78, 5) is 4.52. The van der Waals surface area contributed by atoms with Crippen molar-refractivity contribution < 1.29 is 4.74 Å². The molecule has 3 aromatic carbocycles. The zero-order valence-electron chi connectivity index (χ0n) is 12.8. The molecule has 0 fully saturated rings. The van der Waals surface area contributed by atoms with Crippen LogP contribution in [0.2, 0.25) is 0 Å². The molecule has 4 rings (SSSR count). The number of imidazole rings is 1. The lowest BCUT2D eigenvalue weighted by atomic mass is 10.1. The second-order valence-electron chi connectivity index (χ2n) is 5.43. The highest BCUT2D eigenvalue weighted by molar-refractivity contribution is 5.84. The monoisotopic (exact) mass is 300 g/mol. The van der Waals surface area contributed by atoms with E-state index in [4.69, 9.17) is 4.74 Å². The number of ether oxygens (including phenoxy) is 1. The molecule has 0 N–H and O–H groups in total. The predicted octanol–water partition coefficient (Wildman–Crippen LogP) is 4.70. The summed E-state index contributed by atoms with van der Waals surface area (Å²) in [5, 5.41) is 2.47. The molecule has 23 heavy (non-hydrogen) atoms. The van der Waals surface area contributed by atoms with Crippen LogP contribution in [0.4, 0.5) is 0 Å². The van der Waals surface area contributed by atoms with E-state index >= 15 is 0 Å². The van der Waals surface area contributed by atoms with Gasteiger partial charge in [0, 0.05) is 17.4 Å². The van der Waals surface area contributed by atoms with Gasteiger partial charge in [-0.3, -0.25) is 0 Å². The van der Waals surface area contributed by atoms with Crippen LogP contribution in [0.3, 0.4) is 0 Å². The smallest absolute Gasteiger partial charge is 0.118 e. The number of benzene rings is 3. The molecular weight excluding hydrogens is 284 g/mol. The molecule has 0 atom stereocenters. The van der Waals surface area contributed by atoms with E-state index in [0.717, 1.165) is 22.7 Å². The number of methoxy groups -OCH3 is 1. The molecule has 0 aliphatic carbocycles. The van der Waals surface area contributed by atoms with E-state index in [-0.39, 0.29) is 0 Å². The van der Waals surface area contributed by atoms with E-state index in [1.807, 2.05) is 41.4 Å². The quantitative estimate of drug-likeness (QED) is 0.548. The molecule has 1 aromatic heterocycles. The lowest BCUT2D eigenvalue weighted by Gasteiger charge is -2.04. The van der Waals surface area contributed by atoms with Crippen LogP contribution in [0.5, 0.6) is 5.75 Å². The van der Waals surface area contributed by atoms with Crippen molar-refractivity contribution in [2.45, 2.75) is 0 Å². The van der Waals surface area contributed by atoms with Gasteiger partial charge in [0.15, 0.2) is 0 Å². The van der Waals surface area contributed by atoms with E-state index in [1.54, 1.807) is 7.11 Å². The van der Waals surface area contributed by atoms with E-state index in [2.05, 4.69) is 47.4 Å². The van der Waals surface area contributed by atoms with Crippen molar-refractivity contribution >= 4 is 10.8 Å². The number of fused-ring (bicyclic) bond motifs is 1. The first-order valence-electron chi connectivity index (χ1n) is 7.51. The molecule has 0 aliphatic heterocycles. The molecule has 1 heterocycles. The molecular formula is C20H16N2O. The second-order valence-corrected chi connectivity index (χ2v) is 5.43. The topological polar surface area (TPSA) is 27.1 Å². The van der Waals surface area contributed by atoms with Crippen molar-refractivity contribution in [2.75, 3.05) is 7.11 Å². The number of nitrogens with zero attached hydrogens (tertiary/aromatic N) is 2. The number of aromatic nitrogens is 2. The highest BCUT2D eigenvalue weighted by Crippen LogP contribution is 2.23. The highest BCUT2D eigenvalue weighted by atomic mass is 16.5. The Morgan fingerprint density at radius 3 is 2.43 bits per heavy atom. The first-order valence-corrected chi connectivity index (χ1v) is 7.51. The van der Waals surface area contributed by atoms with Gasteiger partial charge in [-0.2, -0.15) is 0 Å². The van der Waals surface area contributed by atoms with Crippen molar-refractivity contribution in [3.63, 3.8) is 0 Å². The van der Waals surface area contributed by atoms with Crippen LogP contribution in [0.25, 0.3) is 27.7 Å². The molecule has 0 saturated heterocycles. The zero-order valence-corrected chi connectivity index (χ0v) is 12.8. The van der Waals surface area contributed by atoms with E-state index in [0.29, 0.717) is 0 Å². The molecule has 3 heteroatoms.